The molecule has 0 saturated carbocycles. The number of hydrogen-bond acceptors (Lipinski definition) is 0. The Balaban J connectivity index is 0. The molecule has 10 heavy (non-hydrogen) atoms. The second kappa shape index (κ2) is 7.92. The molecule has 61 valence electrons. The predicted molar refractivity (Wildman–Crippen MR) is 52.3 cm³/mol. The van der Waals surface area contributed by atoms with Gasteiger partial charge in [0.25, 0.3) is 0 Å². The van der Waals surface area contributed by atoms with Crippen LogP contribution < -0.4 is 0 Å². The van der Waals surface area contributed by atoms with Gasteiger partial charge in [-0.05, 0) is 0 Å². The van der Waals surface area contributed by atoms with Gasteiger partial charge in [-0.3, -0.25) is 0 Å². The normalized spacial score (nSPS) is 9.80. The molecule has 0 unspecified atom stereocenters. The summed E-state index contributed by atoms with van der Waals surface area (Å²) in [5, 5.41) is 2.97. The molecule has 0 spiro atoms. The molecule has 0 N–H and O–H groups in total. The van der Waals surface area contributed by atoms with E-state index in [1.54, 1.807) is 0 Å². The second-order valence-corrected chi connectivity index (χ2v) is 5.07. The number of hydrogen-bond donors (Lipinski definition) is 0. The topological polar surface area (TPSA) is 0 Å². The molecule has 1 radical (unpaired) electrons. The summed E-state index contributed by atoms with van der Waals surface area (Å²) in [6.45, 7) is 9.25. The van der Waals surface area contributed by atoms with Crippen LogP contribution in [0.4, 0.5) is 0 Å². The summed E-state index contributed by atoms with van der Waals surface area (Å²) in [5.41, 5.74) is 0. The maximum Gasteiger partial charge on any atom is 0.200 e. The molecule has 0 bridgehead atoms. The van der Waals surface area contributed by atoms with E-state index in [9.17, 15) is 0 Å². The summed E-state index contributed by atoms with van der Waals surface area (Å²) in [5.74, 6) is 1.86. The SMILES string of the molecule is CC(C)[CH2][Al][CH2]C(C)C.Cl. The van der Waals surface area contributed by atoms with Crippen molar-refractivity contribution in [1.29, 1.82) is 0 Å². The fourth-order valence-corrected chi connectivity index (χ4v) is 2.29. The summed E-state index contributed by atoms with van der Waals surface area (Å²) in [6, 6.07) is 0. The lowest BCUT2D eigenvalue weighted by Gasteiger charge is -2.03. The van der Waals surface area contributed by atoms with Crippen LogP contribution in [0.5, 0.6) is 0 Å². The van der Waals surface area contributed by atoms with E-state index < -0.39 is 0 Å². The zero-order valence-electron chi connectivity index (χ0n) is 7.55. The zero-order chi connectivity index (χ0) is 7.28. The smallest absolute Gasteiger partial charge is 0.147 e. The van der Waals surface area contributed by atoms with Crippen LogP contribution in [0.25, 0.3) is 0 Å². The van der Waals surface area contributed by atoms with E-state index in [0.717, 1.165) is 27.1 Å². The van der Waals surface area contributed by atoms with Crippen molar-refractivity contribution in [3.63, 3.8) is 0 Å². The highest BCUT2D eigenvalue weighted by molar-refractivity contribution is 6.35. The Morgan fingerprint density at radius 2 is 1.20 bits per heavy atom. The molecule has 0 aliphatic carbocycles. The quantitative estimate of drug-likeness (QED) is 0.579. The lowest BCUT2D eigenvalue weighted by atomic mass is 10.3. The van der Waals surface area contributed by atoms with E-state index in [-0.39, 0.29) is 12.4 Å². The molecule has 0 aliphatic rings. The largest absolute Gasteiger partial charge is 0.200 e. The molecule has 0 aliphatic heterocycles. The van der Waals surface area contributed by atoms with Gasteiger partial charge in [0.15, 0.2) is 0 Å². The van der Waals surface area contributed by atoms with Gasteiger partial charge in [-0.1, -0.05) is 39.5 Å². The minimum atomic E-state index is 0. The summed E-state index contributed by atoms with van der Waals surface area (Å²) >= 11 is 0.755. The second-order valence-electron chi connectivity index (χ2n) is 3.55. The minimum Gasteiger partial charge on any atom is -0.147 e. The van der Waals surface area contributed by atoms with E-state index in [1.807, 2.05) is 0 Å². The zero-order valence-corrected chi connectivity index (χ0v) is 9.53. The van der Waals surface area contributed by atoms with Gasteiger partial charge >= 0.3 is 0 Å². The van der Waals surface area contributed by atoms with Crippen LogP contribution in [-0.4, -0.2) is 15.2 Å². The summed E-state index contributed by atoms with van der Waals surface area (Å²) in [4.78, 5) is 0. The average Bonchev–Trinajstić information content (AvgIpc) is 1.63. The molecular weight excluding hydrogens is 159 g/mol. The van der Waals surface area contributed by atoms with Crippen molar-refractivity contribution < 1.29 is 0 Å². The van der Waals surface area contributed by atoms with E-state index in [2.05, 4.69) is 27.7 Å². The lowest BCUT2D eigenvalue weighted by molar-refractivity contribution is 0.700. The first-order valence-electron chi connectivity index (χ1n) is 3.94. The predicted octanol–water partition coefficient (Wildman–Crippen LogP) is 3.26. The Hall–Kier alpha value is 0.822. The van der Waals surface area contributed by atoms with Crippen molar-refractivity contribution in [3.8, 4) is 0 Å². The fourth-order valence-electron chi connectivity index (χ4n) is 0.763. The average molecular weight is 178 g/mol. The van der Waals surface area contributed by atoms with Crippen molar-refractivity contribution in [2.45, 2.75) is 38.3 Å². The summed E-state index contributed by atoms with van der Waals surface area (Å²) in [6.07, 6.45) is 0. The minimum absolute atomic E-state index is 0. The Kier molecular flexibility index (Phi) is 10.6. The molecule has 0 nitrogen and oxygen atoms in total. The first-order chi connectivity index (χ1) is 4.13. The number of halogens is 1. The molecular formula is C8H19AlCl. The van der Waals surface area contributed by atoms with E-state index in [1.165, 1.54) is 10.6 Å². The molecule has 0 rings (SSSR count). The van der Waals surface area contributed by atoms with Gasteiger partial charge in [-0.25, -0.2) is 0 Å². The highest BCUT2D eigenvalue weighted by atomic mass is 35.5. The Morgan fingerprint density at radius 1 is 0.900 bits per heavy atom. The maximum absolute atomic E-state index is 2.31. The standard InChI is InChI=1S/2C4H9.Al.ClH/c2*1-4(2)3;;/h2*4H,1H2,2-3H3;;1H. The molecule has 0 aromatic carbocycles. The van der Waals surface area contributed by atoms with Gasteiger partial charge < -0.3 is 0 Å². The van der Waals surface area contributed by atoms with Crippen molar-refractivity contribution >= 4 is 27.6 Å². The van der Waals surface area contributed by atoms with Crippen LogP contribution in [0.15, 0.2) is 0 Å². The third-order valence-electron chi connectivity index (χ3n) is 1.28. The van der Waals surface area contributed by atoms with Gasteiger partial charge in [-0.2, -0.15) is 0 Å². The molecule has 0 amide bonds. The van der Waals surface area contributed by atoms with Crippen LogP contribution >= 0.6 is 12.4 Å². The Bertz CT molecular complexity index is 54.3. The lowest BCUT2D eigenvalue weighted by Crippen LogP contribution is -1.99. The van der Waals surface area contributed by atoms with Crippen molar-refractivity contribution in [3.05, 3.63) is 0 Å². The van der Waals surface area contributed by atoms with Crippen LogP contribution in [0.2, 0.25) is 10.6 Å². The first kappa shape index (κ1) is 13.4. The van der Waals surface area contributed by atoms with Gasteiger partial charge in [0.1, 0.15) is 0 Å². The van der Waals surface area contributed by atoms with Crippen LogP contribution in [0.3, 0.4) is 0 Å². The summed E-state index contributed by atoms with van der Waals surface area (Å²) in [7, 11) is 0. The number of rotatable bonds is 4. The fraction of sp³-hybridized carbons (Fsp3) is 1.00. The third-order valence-corrected chi connectivity index (χ3v) is 3.83. The van der Waals surface area contributed by atoms with Gasteiger partial charge in [-0.15, -0.1) is 23.0 Å². The van der Waals surface area contributed by atoms with Crippen LogP contribution in [-0.2, 0) is 0 Å². The van der Waals surface area contributed by atoms with Crippen molar-refractivity contribution in [2.24, 2.45) is 11.8 Å². The van der Waals surface area contributed by atoms with Crippen LogP contribution in [0, 0.1) is 11.8 Å². The van der Waals surface area contributed by atoms with Crippen molar-refractivity contribution in [1.82, 2.24) is 0 Å². The molecule has 0 aromatic rings. The van der Waals surface area contributed by atoms with Gasteiger partial charge in [0, 0.05) is 0 Å². The summed E-state index contributed by atoms with van der Waals surface area (Å²) < 4.78 is 0. The first-order valence-corrected chi connectivity index (χ1v) is 5.58. The molecule has 0 atom stereocenters. The van der Waals surface area contributed by atoms with E-state index in [4.69, 9.17) is 0 Å². The monoisotopic (exact) mass is 177 g/mol. The Morgan fingerprint density at radius 3 is 1.40 bits per heavy atom. The molecule has 0 aromatic heterocycles. The molecule has 2 heteroatoms. The highest BCUT2D eigenvalue weighted by Gasteiger charge is 1.98. The molecule has 0 saturated heterocycles. The third kappa shape index (κ3) is 11.6. The molecule has 0 fully saturated rings. The van der Waals surface area contributed by atoms with E-state index >= 15 is 0 Å². The maximum atomic E-state index is 2.31. The van der Waals surface area contributed by atoms with Gasteiger partial charge in [0.2, 0.25) is 15.2 Å². The van der Waals surface area contributed by atoms with Gasteiger partial charge in [0.05, 0.1) is 0 Å². The molecule has 0 heterocycles. The van der Waals surface area contributed by atoms with Crippen LogP contribution in [0.1, 0.15) is 27.7 Å². The highest BCUT2D eigenvalue weighted by Crippen LogP contribution is 2.05. The van der Waals surface area contributed by atoms with E-state index in [0.29, 0.717) is 0 Å². The van der Waals surface area contributed by atoms with Crippen molar-refractivity contribution in [2.75, 3.05) is 0 Å². The Labute approximate surface area is 77.9 Å².